The van der Waals surface area contributed by atoms with Gasteiger partial charge in [-0.25, -0.2) is 0 Å². The van der Waals surface area contributed by atoms with Gasteiger partial charge in [0.2, 0.25) is 11.8 Å². The first-order valence-electron chi connectivity index (χ1n) is 6.40. The molecule has 5 nitrogen and oxygen atoms in total. The minimum atomic E-state index is -0.675. The third-order valence-electron chi connectivity index (χ3n) is 2.76. The van der Waals surface area contributed by atoms with Gasteiger partial charge in [0.25, 0.3) is 0 Å². The van der Waals surface area contributed by atoms with Crippen LogP contribution in [0, 0.1) is 0 Å². The molecule has 0 saturated carbocycles. The van der Waals surface area contributed by atoms with Crippen molar-refractivity contribution < 1.29 is 14.7 Å². The monoisotopic (exact) mass is 296 g/mol. The van der Waals surface area contributed by atoms with E-state index in [0.29, 0.717) is 6.54 Å². The molecule has 0 bridgehead atoms. The second-order valence-corrected chi connectivity index (χ2v) is 4.77. The summed E-state index contributed by atoms with van der Waals surface area (Å²) >= 11 is 4.09. The standard InChI is InChI=1S/C14H20N2O3S/c1-11(18)15-13(10-20)14(19)16(7-8-17)9-12-5-3-2-4-6-12/h2-6,13,17,20H,7-10H2,1H3,(H,15,18). The molecular formula is C14H20N2O3S. The molecule has 2 N–H and O–H groups in total. The number of benzene rings is 1. The molecule has 1 rings (SSSR count). The molecule has 0 spiro atoms. The summed E-state index contributed by atoms with van der Waals surface area (Å²) < 4.78 is 0. The smallest absolute Gasteiger partial charge is 0.246 e. The summed E-state index contributed by atoms with van der Waals surface area (Å²) in [4.78, 5) is 25.0. The molecule has 110 valence electrons. The fourth-order valence-electron chi connectivity index (χ4n) is 1.84. The molecule has 0 radical (unpaired) electrons. The Kier molecular flexibility index (Phi) is 7.11. The molecule has 0 aliphatic heterocycles. The van der Waals surface area contributed by atoms with Crippen molar-refractivity contribution in [3.05, 3.63) is 35.9 Å². The number of rotatable bonds is 7. The van der Waals surface area contributed by atoms with Crippen molar-refractivity contribution in [1.29, 1.82) is 0 Å². The lowest BCUT2D eigenvalue weighted by Crippen LogP contribution is -2.49. The molecule has 1 aromatic rings. The van der Waals surface area contributed by atoms with Crippen molar-refractivity contribution in [2.24, 2.45) is 0 Å². The molecule has 1 unspecified atom stereocenters. The fraction of sp³-hybridized carbons (Fsp3) is 0.429. The molecule has 20 heavy (non-hydrogen) atoms. The van der Waals surface area contributed by atoms with E-state index in [0.717, 1.165) is 5.56 Å². The van der Waals surface area contributed by atoms with E-state index in [1.165, 1.54) is 11.8 Å². The van der Waals surface area contributed by atoms with Gasteiger partial charge in [-0.2, -0.15) is 12.6 Å². The normalized spacial score (nSPS) is 11.8. The van der Waals surface area contributed by atoms with Gasteiger partial charge in [0.1, 0.15) is 6.04 Å². The lowest BCUT2D eigenvalue weighted by Gasteiger charge is -2.26. The third kappa shape index (κ3) is 5.22. The largest absolute Gasteiger partial charge is 0.395 e. The van der Waals surface area contributed by atoms with Crippen LogP contribution >= 0.6 is 12.6 Å². The number of hydrogen-bond donors (Lipinski definition) is 3. The van der Waals surface area contributed by atoms with E-state index in [1.54, 1.807) is 0 Å². The highest BCUT2D eigenvalue weighted by Crippen LogP contribution is 2.07. The minimum Gasteiger partial charge on any atom is -0.395 e. The van der Waals surface area contributed by atoms with Gasteiger partial charge in [0, 0.05) is 25.8 Å². The van der Waals surface area contributed by atoms with Gasteiger partial charge in [-0.05, 0) is 5.56 Å². The average molecular weight is 296 g/mol. The lowest BCUT2D eigenvalue weighted by molar-refractivity contribution is -0.136. The Morgan fingerprint density at radius 3 is 2.50 bits per heavy atom. The molecule has 0 heterocycles. The van der Waals surface area contributed by atoms with Crippen LogP contribution in [-0.4, -0.2) is 46.8 Å². The Labute approximate surface area is 124 Å². The number of nitrogens with one attached hydrogen (secondary N) is 1. The van der Waals surface area contributed by atoms with E-state index in [2.05, 4.69) is 17.9 Å². The lowest BCUT2D eigenvalue weighted by atomic mass is 10.2. The second kappa shape index (κ2) is 8.60. The maximum atomic E-state index is 12.4. The molecule has 0 aliphatic rings. The number of carbonyl (C=O) groups is 2. The van der Waals surface area contributed by atoms with Crippen molar-refractivity contribution in [1.82, 2.24) is 10.2 Å². The van der Waals surface area contributed by atoms with Crippen LogP contribution in [0.15, 0.2) is 30.3 Å². The molecule has 0 fully saturated rings. The highest BCUT2D eigenvalue weighted by molar-refractivity contribution is 7.80. The van der Waals surface area contributed by atoms with Gasteiger partial charge in [-0.1, -0.05) is 30.3 Å². The highest BCUT2D eigenvalue weighted by atomic mass is 32.1. The second-order valence-electron chi connectivity index (χ2n) is 4.40. The van der Waals surface area contributed by atoms with Crippen molar-refractivity contribution in [3.8, 4) is 0 Å². The van der Waals surface area contributed by atoms with Crippen molar-refractivity contribution >= 4 is 24.4 Å². The van der Waals surface area contributed by atoms with Crippen LogP contribution in [0.5, 0.6) is 0 Å². The summed E-state index contributed by atoms with van der Waals surface area (Å²) in [6.45, 7) is 1.84. The first-order valence-corrected chi connectivity index (χ1v) is 7.03. The number of amides is 2. The maximum absolute atomic E-state index is 12.4. The zero-order valence-electron chi connectivity index (χ0n) is 11.5. The van der Waals surface area contributed by atoms with E-state index >= 15 is 0 Å². The van der Waals surface area contributed by atoms with E-state index in [-0.39, 0.29) is 30.7 Å². The molecule has 0 aliphatic carbocycles. The van der Waals surface area contributed by atoms with Crippen LogP contribution in [0.2, 0.25) is 0 Å². The number of aliphatic hydroxyl groups is 1. The van der Waals surface area contributed by atoms with Gasteiger partial charge in [-0.3, -0.25) is 9.59 Å². The van der Waals surface area contributed by atoms with E-state index in [4.69, 9.17) is 5.11 Å². The van der Waals surface area contributed by atoms with Gasteiger partial charge < -0.3 is 15.3 Å². The van der Waals surface area contributed by atoms with Gasteiger partial charge in [0.15, 0.2) is 0 Å². The quantitative estimate of drug-likeness (QED) is 0.640. The van der Waals surface area contributed by atoms with Gasteiger partial charge >= 0.3 is 0 Å². The van der Waals surface area contributed by atoms with Gasteiger partial charge in [0.05, 0.1) is 6.61 Å². The number of thiol groups is 1. The van der Waals surface area contributed by atoms with E-state index < -0.39 is 6.04 Å². The average Bonchev–Trinajstić information content (AvgIpc) is 2.44. The summed E-state index contributed by atoms with van der Waals surface area (Å²) in [7, 11) is 0. The number of nitrogens with zero attached hydrogens (tertiary/aromatic N) is 1. The van der Waals surface area contributed by atoms with Crippen LogP contribution in [0.1, 0.15) is 12.5 Å². The Morgan fingerprint density at radius 1 is 1.35 bits per heavy atom. The first-order chi connectivity index (χ1) is 9.58. The maximum Gasteiger partial charge on any atom is 0.246 e. The minimum absolute atomic E-state index is 0.127. The zero-order chi connectivity index (χ0) is 15.0. The van der Waals surface area contributed by atoms with E-state index in [1.807, 2.05) is 30.3 Å². The third-order valence-corrected chi connectivity index (χ3v) is 3.12. The Balaban J connectivity index is 2.78. The molecule has 1 atom stereocenters. The predicted molar refractivity (Wildman–Crippen MR) is 80.4 cm³/mol. The Morgan fingerprint density at radius 2 is 2.00 bits per heavy atom. The Bertz CT molecular complexity index is 439. The summed E-state index contributed by atoms with van der Waals surface area (Å²) in [6.07, 6.45) is 0. The van der Waals surface area contributed by atoms with Gasteiger partial charge in [-0.15, -0.1) is 0 Å². The first kappa shape index (κ1) is 16.5. The summed E-state index contributed by atoms with van der Waals surface area (Å²) in [5, 5.41) is 11.7. The fourth-order valence-corrected chi connectivity index (χ4v) is 2.09. The van der Waals surface area contributed by atoms with Crippen molar-refractivity contribution in [3.63, 3.8) is 0 Å². The predicted octanol–water partition coefficient (Wildman–Crippen LogP) is 0.442. The SMILES string of the molecule is CC(=O)NC(CS)C(=O)N(CCO)Cc1ccccc1. The molecule has 2 amide bonds. The highest BCUT2D eigenvalue weighted by Gasteiger charge is 2.23. The molecule has 6 heteroatoms. The van der Waals surface area contributed by atoms with Crippen LogP contribution in [0.4, 0.5) is 0 Å². The summed E-state index contributed by atoms with van der Waals surface area (Å²) in [5.41, 5.74) is 0.968. The van der Waals surface area contributed by atoms with E-state index in [9.17, 15) is 9.59 Å². The molecular weight excluding hydrogens is 276 g/mol. The van der Waals surface area contributed by atoms with Crippen LogP contribution in [0.3, 0.4) is 0 Å². The number of hydrogen-bond acceptors (Lipinski definition) is 4. The Hall–Kier alpha value is -1.53. The zero-order valence-corrected chi connectivity index (χ0v) is 12.3. The van der Waals surface area contributed by atoms with Crippen molar-refractivity contribution in [2.45, 2.75) is 19.5 Å². The topological polar surface area (TPSA) is 69.6 Å². The summed E-state index contributed by atoms with van der Waals surface area (Å²) in [5.74, 6) is -0.302. The van der Waals surface area contributed by atoms with Crippen LogP contribution in [-0.2, 0) is 16.1 Å². The molecule has 0 saturated heterocycles. The number of aliphatic hydroxyl groups excluding tert-OH is 1. The summed E-state index contributed by atoms with van der Waals surface area (Å²) in [6, 6.07) is 8.82. The number of carbonyl (C=O) groups excluding carboxylic acids is 2. The van der Waals surface area contributed by atoms with Crippen molar-refractivity contribution in [2.75, 3.05) is 18.9 Å². The molecule has 0 aromatic heterocycles. The molecule has 1 aromatic carbocycles. The van der Waals surface area contributed by atoms with Crippen LogP contribution in [0.25, 0.3) is 0 Å². The van der Waals surface area contributed by atoms with Crippen LogP contribution < -0.4 is 5.32 Å².